The minimum absolute atomic E-state index is 0.0418. The predicted octanol–water partition coefficient (Wildman–Crippen LogP) is 3.43. The maximum atomic E-state index is 13.3. The maximum Gasteiger partial charge on any atom is 0.159 e. The molecular weight excluding hydrogens is 236 g/mol. The van der Waals surface area contributed by atoms with Gasteiger partial charge in [-0.25, -0.2) is 8.78 Å². The monoisotopic (exact) mass is 257 g/mol. The highest BCUT2D eigenvalue weighted by atomic mass is 19.2. The Morgan fingerprint density at radius 1 is 1.17 bits per heavy atom. The molecule has 18 heavy (non-hydrogen) atoms. The molecule has 2 unspecified atom stereocenters. The Hall–Kier alpha value is -1.00. The molecule has 0 radical (unpaired) electrons. The molecule has 1 N–H and O–H groups in total. The highest BCUT2D eigenvalue weighted by Crippen LogP contribution is 2.23. The third-order valence-corrected chi connectivity index (χ3v) is 2.88. The molecule has 1 aromatic carbocycles. The van der Waals surface area contributed by atoms with Gasteiger partial charge in [0.05, 0.1) is 12.1 Å². The van der Waals surface area contributed by atoms with E-state index < -0.39 is 11.6 Å². The van der Waals surface area contributed by atoms with E-state index in [1.807, 2.05) is 20.8 Å². The quantitative estimate of drug-likeness (QED) is 0.808. The zero-order valence-corrected chi connectivity index (χ0v) is 11.2. The van der Waals surface area contributed by atoms with Crippen LogP contribution in [0.25, 0.3) is 0 Å². The van der Waals surface area contributed by atoms with E-state index in [1.165, 1.54) is 6.07 Å². The van der Waals surface area contributed by atoms with Crippen LogP contribution in [0.5, 0.6) is 0 Å². The molecule has 0 aliphatic carbocycles. The fourth-order valence-electron chi connectivity index (χ4n) is 2.05. The van der Waals surface area contributed by atoms with Crippen molar-refractivity contribution in [2.45, 2.75) is 39.3 Å². The largest absolute Gasteiger partial charge is 0.377 e. The molecule has 4 heteroatoms. The van der Waals surface area contributed by atoms with Gasteiger partial charge < -0.3 is 10.1 Å². The first-order valence-electron chi connectivity index (χ1n) is 6.43. The van der Waals surface area contributed by atoms with Crippen LogP contribution in [0, 0.1) is 11.6 Å². The zero-order chi connectivity index (χ0) is 13.5. The van der Waals surface area contributed by atoms with Gasteiger partial charge in [0.25, 0.3) is 0 Å². The van der Waals surface area contributed by atoms with Gasteiger partial charge in [-0.3, -0.25) is 0 Å². The number of ether oxygens (including phenoxy) is 1. The molecule has 0 amide bonds. The van der Waals surface area contributed by atoms with E-state index in [1.54, 1.807) is 6.07 Å². The molecule has 0 aromatic heterocycles. The molecular formula is C14H21F2NO. The Morgan fingerprint density at radius 2 is 1.89 bits per heavy atom. The van der Waals surface area contributed by atoms with Crippen LogP contribution in [0.2, 0.25) is 0 Å². The summed E-state index contributed by atoms with van der Waals surface area (Å²) in [5.41, 5.74) is 0.719. The van der Waals surface area contributed by atoms with Crippen molar-refractivity contribution < 1.29 is 13.5 Å². The normalized spacial score (nSPS) is 14.5. The maximum absolute atomic E-state index is 13.3. The van der Waals surface area contributed by atoms with Crippen molar-refractivity contribution in [2.75, 3.05) is 13.2 Å². The van der Waals surface area contributed by atoms with Crippen molar-refractivity contribution in [1.29, 1.82) is 0 Å². The van der Waals surface area contributed by atoms with Crippen molar-refractivity contribution in [3.8, 4) is 0 Å². The molecule has 2 nitrogen and oxygen atoms in total. The first-order chi connectivity index (χ1) is 8.63. The van der Waals surface area contributed by atoms with Gasteiger partial charge in [0.2, 0.25) is 0 Å². The van der Waals surface area contributed by atoms with Gasteiger partial charge in [0.1, 0.15) is 0 Å². The van der Waals surface area contributed by atoms with Gasteiger partial charge in [-0.1, -0.05) is 19.9 Å². The summed E-state index contributed by atoms with van der Waals surface area (Å²) < 4.78 is 31.9. The smallest absolute Gasteiger partial charge is 0.159 e. The van der Waals surface area contributed by atoms with Crippen LogP contribution in [0.15, 0.2) is 18.2 Å². The van der Waals surface area contributed by atoms with E-state index in [9.17, 15) is 8.78 Å². The summed E-state index contributed by atoms with van der Waals surface area (Å²) >= 11 is 0. The highest BCUT2D eigenvalue weighted by molar-refractivity contribution is 5.22. The van der Waals surface area contributed by atoms with Crippen LogP contribution in [0.1, 0.15) is 38.8 Å². The predicted molar refractivity (Wildman–Crippen MR) is 68.5 cm³/mol. The topological polar surface area (TPSA) is 21.3 Å². The third kappa shape index (κ3) is 3.75. The van der Waals surface area contributed by atoms with Crippen LogP contribution in [0.3, 0.4) is 0 Å². The number of benzene rings is 1. The van der Waals surface area contributed by atoms with Gasteiger partial charge >= 0.3 is 0 Å². The number of hydrogen-bond donors (Lipinski definition) is 1. The molecule has 0 heterocycles. The van der Waals surface area contributed by atoms with E-state index in [0.29, 0.717) is 6.61 Å². The molecule has 0 saturated heterocycles. The second kappa shape index (κ2) is 7.44. The minimum Gasteiger partial charge on any atom is -0.377 e. The van der Waals surface area contributed by atoms with Crippen LogP contribution in [-0.2, 0) is 4.74 Å². The highest BCUT2D eigenvalue weighted by Gasteiger charge is 2.22. The van der Waals surface area contributed by atoms with Crippen molar-refractivity contribution in [1.82, 2.24) is 5.32 Å². The van der Waals surface area contributed by atoms with Crippen LogP contribution in [0.4, 0.5) is 8.78 Å². The molecule has 0 aliphatic rings. The lowest BCUT2D eigenvalue weighted by atomic mass is 9.99. The summed E-state index contributed by atoms with van der Waals surface area (Å²) in [7, 11) is 0. The third-order valence-electron chi connectivity index (χ3n) is 2.88. The second-order valence-corrected chi connectivity index (χ2v) is 4.11. The van der Waals surface area contributed by atoms with E-state index in [0.717, 1.165) is 24.6 Å². The van der Waals surface area contributed by atoms with E-state index in [4.69, 9.17) is 4.74 Å². The van der Waals surface area contributed by atoms with Crippen molar-refractivity contribution in [2.24, 2.45) is 0 Å². The SMILES string of the molecule is CCNC(c1ccc(F)c(F)c1)C(CC)OCC. The Balaban J connectivity index is 2.98. The summed E-state index contributed by atoms with van der Waals surface area (Å²) in [4.78, 5) is 0. The lowest BCUT2D eigenvalue weighted by molar-refractivity contribution is 0.0317. The summed E-state index contributed by atoms with van der Waals surface area (Å²) in [6, 6.07) is 3.89. The van der Waals surface area contributed by atoms with E-state index in [-0.39, 0.29) is 12.1 Å². The van der Waals surface area contributed by atoms with Gasteiger partial charge in [0, 0.05) is 6.61 Å². The number of halogens is 2. The standard InChI is InChI=1S/C14H21F2NO/c1-4-13(18-6-3)14(17-5-2)10-7-8-11(15)12(16)9-10/h7-9,13-14,17H,4-6H2,1-3H3. The first-order valence-corrected chi connectivity index (χ1v) is 6.43. The van der Waals surface area contributed by atoms with Gasteiger partial charge in [-0.05, 0) is 37.6 Å². The Labute approximate surface area is 107 Å². The molecule has 0 fully saturated rings. The van der Waals surface area contributed by atoms with Crippen LogP contribution < -0.4 is 5.32 Å². The summed E-state index contributed by atoms with van der Waals surface area (Å²) in [6.45, 7) is 7.27. The fourth-order valence-corrected chi connectivity index (χ4v) is 2.05. The Morgan fingerprint density at radius 3 is 2.39 bits per heavy atom. The first kappa shape index (κ1) is 15.1. The number of likely N-dealkylation sites (N-methyl/N-ethyl adjacent to an activating group) is 1. The van der Waals surface area contributed by atoms with Crippen molar-refractivity contribution in [3.05, 3.63) is 35.4 Å². The van der Waals surface area contributed by atoms with Gasteiger partial charge in [0.15, 0.2) is 11.6 Å². The average Bonchev–Trinajstić information content (AvgIpc) is 2.37. The molecule has 2 atom stereocenters. The summed E-state index contributed by atoms with van der Waals surface area (Å²) in [5, 5.41) is 3.27. The molecule has 1 rings (SSSR count). The lowest BCUT2D eigenvalue weighted by Crippen LogP contribution is -2.33. The second-order valence-electron chi connectivity index (χ2n) is 4.11. The van der Waals surface area contributed by atoms with E-state index in [2.05, 4.69) is 5.32 Å². The molecule has 0 saturated carbocycles. The molecule has 1 aromatic rings. The zero-order valence-electron chi connectivity index (χ0n) is 11.2. The molecule has 0 aliphatic heterocycles. The van der Waals surface area contributed by atoms with Crippen LogP contribution >= 0.6 is 0 Å². The van der Waals surface area contributed by atoms with Crippen molar-refractivity contribution >= 4 is 0 Å². The Kier molecular flexibility index (Phi) is 6.22. The molecule has 0 spiro atoms. The summed E-state index contributed by atoms with van der Waals surface area (Å²) in [6.07, 6.45) is 0.768. The van der Waals surface area contributed by atoms with Gasteiger partial charge in [-0.2, -0.15) is 0 Å². The van der Waals surface area contributed by atoms with Gasteiger partial charge in [-0.15, -0.1) is 0 Å². The van der Waals surface area contributed by atoms with E-state index >= 15 is 0 Å². The fraction of sp³-hybridized carbons (Fsp3) is 0.571. The van der Waals surface area contributed by atoms with Crippen molar-refractivity contribution in [3.63, 3.8) is 0 Å². The lowest BCUT2D eigenvalue weighted by Gasteiger charge is -2.27. The minimum atomic E-state index is -0.821. The molecule has 102 valence electrons. The molecule has 0 bridgehead atoms. The number of nitrogens with one attached hydrogen (secondary N) is 1. The number of hydrogen-bond acceptors (Lipinski definition) is 2. The number of rotatable bonds is 7. The summed E-state index contributed by atoms with van der Waals surface area (Å²) in [5.74, 6) is -1.64. The average molecular weight is 257 g/mol. The van der Waals surface area contributed by atoms with Crippen LogP contribution in [-0.4, -0.2) is 19.3 Å². The Bertz CT molecular complexity index is 371.